The van der Waals surface area contributed by atoms with Gasteiger partial charge in [-0.15, -0.1) is 0 Å². The molecule has 0 saturated heterocycles. The van der Waals surface area contributed by atoms with Gasteiger partial charge in [-0.25, -0.2) is 0 Å². The first-order valence-corrected chi connectivity index (χ1v) is 30.7. The number of ether oxygens (including phenoxy) is 4. The van der Waals surface area contributed by atoms with E-state index in [0.717, 1.165) is 38.5 Å². The molecule has 0 spiro atoms. The zero-order valence-electron chi connectivity index (χ0n) is 47.4. The highest BCUT2D eigenvalue weighted by atomic mass is 16.7. The molecule has 0 amide bonds. The third-order valence-electron chi connectivity index (χ3n) is 14.1. The number of carboxylic acid groups (broad SMARTS) is 1. The molecule has 0 heterocycles. The lowest BCUT2D eigenvalue weighted by Crippen LogP contribution is -2.44. The highest BCUT2D eigenvalue weighted by molar-refractivity contribution is 5.70. The van der Waals surface area contributed by atoms with Gasteiger partial charge in [-0.3, -0.25) is 9.59 Å². The van der Waals surface area contributed by atoms with Crippen LogP contribution in [0, 0.1) is 0 Å². The molecule has 0 rings (SSSR count). The van der Waals surface area contributed by atoms with Crippen LogP contribution in [0.3, 0.4) is 0 Å². The van der Waals surface area contributed by atoms with E-state index in [-0.39, 0.29) is 32.2 Å². The second-order valence-electron chi connectivity index (χ2n) is 22.4. The molecular weight excluding hydrogens is 875 g/mol. The first-order valence-electron chi connectivity index (χ1n) is 30.7. The Morgan fingerprint density at radius 2 is 0.643 bits per heavy atom. The van der Waals surface area contributed by atoms with Gasteiger partial charge in [0.1, 0.15) is 13.2 Å². The van der Waals surface area contributed by atoms with Crippen LogP contribution in [0.4, 0.5) is 0 Å². The topological polar surface area (TPSA) is 111 Å². The average Bonchev–Trinajstić information content (AvgIpc) is 3.33. The van der Waals surface area contributed by atoms with Crippen LogP contribution < -0.4 is 5.11 Å². The first-order chi connectivity index (χ1) is 34.1. The molecule has 0 fully saturated rings. The van der Waals surface area contributed by atoms with Crippen LogP contribution in [-0.2, 0) is 33.3 Å². The zero-order valence-corrected chi connectivity index (χ0v) is 47.4. The van der Waals surface area contributed by atoms with Crippen LogP contribution in [-0.4, -0.2) is 82.3 Å². The van der Waals surface area contributed by atoms with Crippen molar-refractivity contribution >= 4 is 17.9 Å². The molecule has 0 aliphatic rings. The third kappa shape index (κ3) is 54.1. The van der Waals surface area contributed by atoms with Gasteiger partial charge in [0, 0.05) is 12.8 Å². The van der Waals surface area contributed by atoms with Crippen molar-refractivity contribution in [3.05, 3.63) is 0 Å². The molecule has 9 heteroatoms. The molecule has 9 nitrogen and oxygen atoms in total. The van der Waals surface area contributed by atoms with Crippen LogP contribution in [0.5, 0.6) is 0 Å². The van der Waals surface area contributed by atoms with Crippen LogP contribution in [0.2, 0.25) is 0 Å². The molecule has 0 aromatic carbocycles. The van der Waals surface area contributed by atoms with E-state index in [4.69, 9.17) is 18.9 Å². The van der Waals surface area contributed by atoms with E-state index in [9.17, 15) is 19.5 Å². The molecule has 416 valence electrons. The number of likely N-dealkylation sites (N-methyl/N-ethyl adjacent to an activating group) is 1. The van der Waals surface area contributed by atoms with Gasteiger partial charge < -0.3 is 33.3 Å². The smallest absolute Gasteiger partial charge is 0.306 e. The highest BCUT2D eigenvalue weighted by Crippen LogP contribution is 2.18. The molecule has 2 unspecified atom stereocenters. The molecule has 0 radical (unpaired) electrons. The lowest BCUT2D eigenvalue weighted by atomic mass is 10.0. The van der Waals surface area contributed by atoms with Crippen molar-refractivity contribution in [3.63, 3.8) is 0 Å². The zero-order chi connectivity index (χ0) is 51.3. The maximum absolute atomic E-state index is 12.9. The van der Waals surface area contributed by atoms with E-state index >= 15 is 0 Å². The fourth-order valence-electron chi connectivity index (χ4n) is 9.36. The van der Waals surface area contributed by atoms with Gasteiger partial charge >= 0.3 is 11.9 Å². The maximum atomic E-state index is 12.9. The molecule has 0 aliphatic heterocycles. The van der Waals surface area contributed by atoms with Crippen molar-refractivity contribution in [1.29, 1.82) is 0 Å². The Bertz CT molecular complexity index is 1110. The van der Waals surface area contributed by atoms with Crippen molar-refractivity contribution in [2.24, 2.45) is 0 Å². The van der Waals surface area contributed by atoms with E-state index in [2.05, 4.69) is 13.8 Å². The minimum Gasteiger partial charge on any atom is -0.545 e. The molecular formula is C61H119NO8. The predicted octanol–water partition coefficient (Wildman–Crippen LogP) is 16.6. The summed E-state index contributed by atoms with van der Waals surface area (Å²) in [4.78, 5) is 37.3. The van der Waals surface area contributed by atoms with E-state index in [0.29, 0.717) is 17.4 Å². The van der Waals surface area contributed by atoms with Crippen molar-refractivity contribution in [2.45, 2.75) is 328 Å². The number of esters is 2. The summed E-state index contributed by atoms with van der Waals surface area (Å²) in [7, 11) is 5.94. The van der Waals surface area contributed by atoms with Crippen molar-refractivity contribution in [3.8, 4) is 0 Å². The summed E-state index contributed by atoms with van der Waals surface area (Å²) in [6.07, 6.45) is 57.3. The highest BCUT2D eigenvalue weighted by Gasteiger charge is 2.22. The Kier molecular flexibility index (Phi) is 52.3. The largest absolute Gasteiger partial charge is 0.545 e. The SMILES string of the molecule is CCCCCCCCCCCCCCCCCCCCCCCCCCCCCC(=O)OC(COC(=O)CCCCCCCCCCCCCCCCCCCC)COC(OCC[N+](C)(C)C)C(=O)[O-]. The number of nitrogens with zero attached hydrogens (tertiary/aromatic N) is 1. The van der Waals surface area contributed by atoms with Gasteiger partial charge in [0.15, 0.2) is 12.4 Å². The molecule has 0 bridgehead atoms. The number of carbonyl (C=O) groups excluding carboxylic acids is 3. The third-order valence-corrected chi connectivity index (χ3v) is 14.1. The molecule has 2 atom stereocenters. The van der Waals surface area contributed by atoms with Crippen LogP contribution in [0.15, 0.2) is 0 Å². The summed E-state index contributed by atoms with van der Waals surface area (Å²) in [5.74, 6) is -2.25. The minimum atomic E-state index is -1.61. The van der Waals surface area contributed by atoms with Gasteiger partial charge in [-0.2, -0.15) is 0 Å². The van der Waals surface area contributed by atoms with Gasteiger partial charge in [0.25, 0.3) is 0 Å². The number of carbonyl (C=O) groups is 3. The summed E-state index contributed by atoms with van der Waals surface area (Å²) in [5.41, 5.74) is 0. The fraction of sp³-hybridized carbons (Fsp3) is 0.951. The molecule has 0 aromatic heterocycles. The fourth-order valence-corrected chi connectivity index (χ4v) is 9.36. The average molecular weight is 995 g/mol. The Morgan fingerprint density at radius 3 is 0.914 bits per heavy atom. The number of hydrogen-bond acceptors (Lipinski definition) is 8. The second kappa shape index (κ2) is 53.6. The molecule has 0 N–H and O–H groups in total. The Hall–Kier alpha value is -1.71. The standard InChI is InChI=1S/C61H119NO8/c1-6-8-10-12-14-16-18-20-22-24-26-27-28-29-30-31-32-33-34-36-38-40-42-44-46-48-50-52-59(64)70-57(56-69-61(60(65)66)67-54-53-62(3,4)5)55-68-58(63)51-49-47-45-43-41-39-37-35-25-23-21-19-17-15-13-11-9-7-2/h57,61H,6-56H2,1-5H3. The quantitative estimate of drug-likeness (QED) is 0.0256. The second-order valence-corrected chi connectivity index (χ2v) is 22.4. The normalized spacial score (nSPS) is 12.6. The Morgan fingerprint density at radius 1 is 0.371 bits per heavy atom. The number of hydrogen-bond donors (Lipinski definition) is 0. The van der Waals surface area contributed by atoms with Crippen LogP contribution >= 0.6 is 0 Å². The summed E-state index contributed by atoms with van der Waals surface area (Å²) in [5, 5.41) is 11.8. The lowest BCUT2D eigenvalue weighted by molar-refractivity contribution is -0.870. The summed E-state index contributed by atoms with van der Waals surface area (Å²) >= 11 is 0. The number of quaternary nitrogens is 1. The number of rotatable bonds is 58. The monoisotopic (exact) mass is 994 g/mol. The number of aliphatic carboxylic acids is 1. The molecule has 0 saturated carbocycles. The Balaban J connectivity index is 4.12. The van der Waals surface area contributed by atoms with Crippen molar-refractivity contribution in [2.75, 3.05) is 47.5 Å². The Labute approximate surface area is 434 Å². The molecule has 70 heavy (non-hydrogen) atoms. The molecule has 0 aromatic rings. The van der Waals surface area contributed by atoms with Gasteiger partial charge in [0.05, 0.1) is 40.3 Å². The van der Waals surface area contributed by atoms with Gasteiger partial charge in [0.2, 0.25) is 0 Å². The number of carboxylic acids is 1. The van der Waals surface area contributed by atoms with E-state index in [1.807, 2.05) is 21.1 Å². The van der Waals surface area contributed by atoms with Gasteiger partial charge in [-0.05, 0) is 12.8 Å². The predicted molar refractivity (Wildman–Crippen MR) is 293 cm³/mol. The van der Waals surface area contributed by atoms with E-state index in [1.165, 1.54) is 250 Å². The minimum absolute atomic E-state index is 0.153. The number of unbranched alkanes of at least 4 members (excludes halogenated alkanes) is 43. The van der Waals surface area contributed by atoms with Gasteiger partial charge in [-0.1, -0.05) is 290 Å². The van der Waals surface area contributed by atoms with Crippen LogP contribution in [0.25, 0.3) is 0 Å². The summed E-state index contributed by atoms with van der Waals surface area (Å²) < 4.78 is 22.7. The summed E-state index contributed by atoms with van der Waals surface area (Å²) in [6.45, 7) is 4.82. The van der Waals surface area contributed by atoms with Crippen molar-refractivity contribution in [1.82, 2.24) is 0 Å². The summed E-state index contributed by atoms with van der Waals surface area (Å²) in [6, 6.07) is 0. The first kappa shape index (κ1) is 68.3. The van der Waals surface area contributed by atoms with Crippen LogP contribution in [0.1, 0.15) is 316 Å². The maximum Gasteiger partial charge on any atom is 0.306 e. The van der Waals surface area contributed by atoms with E-state index < -0.39 is 24.3 Å². The van der Waals surface area contributed by atoms with E-state index in [1.54, 1.807) is 0 Å². The van der Waals surface area contributed by atoms with Crippen molar-refractivity contribution < 1.29 is 42.9 Å². The lowest BCUT2D eigenvalue weighted by Gasteiger charge is -2.26. The molecule has 0 aliphatic carbocycles.